The molecule has 0 atom stereocenters. The first kappa shape index (κ1) is 12.5. The highest BCUT2D eigenvalue weighted by atomic mass is 16.3. The smallest absolute Gasteiger partial charge is 0.104 e. The lowest BCUT2D eigenvalue weighted by Gasteiger charge is -2.25. The summed E-state index contributed by atoms with van der Waals surface area (Å²) in [5, 5.41) is 13.0. The number of imidazole rings is 1. The van der Waals surface area contributed by atoms with Crippen LogP contribution in [0.4, 0.5) is 5.69 Å². The van der Waals surface area contributed by atoms with Crippen LogP contribution in [-0.2, 0) is 0 Å². The van der Waals surface area contributed by atoms with Gasteiger partial charge in [0.2, 0.25) is 0 Å². The minimum absolute atomic E-state index is 0.0689. The average Bonchev–Trinajstić information content (AvgIpc) is 2.77. The average molecular weight is 259 g/mol. The molecule has 0 radical (unpaired) electrons. The van der Waals surface area contributed by atoms with Crippen LogP contribution >= 0.6 is 0 Å². The highest BCUT2D eigenvalue weighted by Crippen LogP contribution is 2.25. The summed E-state index contributed by atoms with van der Waals surface area (Å²) >= 11 is 0. The van der Waals surface area contributed by atoms with Gasteiger partial charge in [0.25, 0.3) is 0 Å². The molecule has 4 nitrogen and oxygen atoms in total. The molecule has 0 aliphatic heterocycles. The summed E-state index contributed by atoms with van der Waals surface area (Å²) in [6, 6.07) is 6.25. The molecule has 1 aliphatic rings. The fourth-order valence-electron chi connectivity index (χ4n) is 2.86. The zero-order chi connectivity index (χ0) is 13.2. The maximum atomic E-state index is 9.50. The second-order valence-electron chi connectivity index (χ2n) is 5.61. The number of aliphatic hydroxyl groups excluding tert-OH is 1. The Balaban J connectivity index is 1.61. The number of aromatic amines is 1. The Hall–Kier alpha value is -1.55. The van der Waals surface area contributed by atoms with Crippen molar-refractivity contribution in [3.63, 3.8) is 0 Å². The lowest BCUT2D eigenvalue weighted by molar-refractivity contribution is 0.111. The van der Waals surface area contributed by atoms with Gasteiger partial charge in [0.15, 0.2) is 0 Å². The van der Waals surface area contributed by atoms with Crippen molar-refractivity contribution in [3.05, 3.63) is 24.0 Å². The largest absolute Gasteiger partial charge is 0.393 e. The van der Waals surface area contributed by atoms with E-state index in [-0.39, 0.29) is 6.10 Å². The van der Waals surface area contributed by atoms with Crippen LogP contribution in [0.3, 0.4) is 0 Å². The molecule has 0 saturated heterocycles. The molecule has 0 amide bonds. The maximum absolute atomic E-state index is 9.50. The van der Waals surface area contributed by atoms with Crippen molar-refractivity contribution in [2.45, 2.75) is 38.7 Å². The summed E-state index contributed by atoms with van der Waals surface area (Å²) < 4.78 is 0. The molecule has 1 aromatic carbocycles. The Morgan fingerprint density at radius 2 is 2.11 bits per heavy atom. The summed E-state index contributed by atoms with van der Waals surface area (Å²) in [5.74, 6) is 1.64. The third-order valence-corrected chi connectivity index (χ3v) is 4.01. The first-order chi connectivity index (χ1) is 9.20. The number of benzene rings is 1. The highest BCUT2D eigenvalue weighted by molar-refractivity contribution is 5.79. The minimum Gasteiger partial charge on any atom is -0.393 e. The molecule has 19 heavy (non-hydrogen) atoms. The number of aromatic nitrogens is 2. The predicted octanol–water partition coefficient (Wildman–Crippen LogP) is 2.83. The zero-order valence-electron chi connectivity index (χ0n) is 11.3. The topological polar surface area (TPSA) is 60.9 Å². The van der Waals surface area contributed by atoms with Gasteiger partial charge in [-0.1, -0.05) is 0 Å². The van der Waals surface area contributed by atoms with Gasteiger partial charge >= 0.3 is 0 Å². The second-order valence-corrected chi connectivity index (χ2v) is 5.61. The van der Waals surface area contributed by atoms with E-state index < -0.39 is 0 Å². The van der Waals surface area contributed by atoms with Gasteiger partial charge in [-0.3, -0.25) is 0 Å². The summed E-state index contributed by atoms with van der Waals surface area (Å²) in [5.41, 5.74) is 3.24. The number of aryl methyl sites for hydroxylation is 1. The molecule has 0 spiro atoms. The summed E-state index contributed by atoms with van der Waals surface area (Å²) in [6.45, 7) is 2.96. The normalized spacial score (nSPS) is 23.7. The monoisotopic (exact) mass is 259 g/mol. The van der Waals surface area contributed by atoms with Gasteiger partial charge < -0.3 is 15.4 Å². The van der Waals surface area contributed by atoms with E-state index in [1.807, 2.05) is 13.0 Å². The molecule has 1 saturated carbocycles. The second kappa shape index (κ2) is 5.21. The molecule has 102 valence electrons. The maximum Gasteiger partial charge on any atom is 0.104 e. The number of hydrogen-bond donors (Lipinski definition) is 3. The van der Waals surface area contributed by atoms with Crippen LogP contribution in [0.15, 0.2) is 18.2 Å². The zero-order valence-corrected chi connectivity index (χ0v) is 11.3. The number of nitrogens with zero attached hydrogens (tertiary/aromatic N) is 1. The van der Waals surface area contributed by atoms with Gasteiger partial charge in [-0.2, -0.15) is 0 Å². The molecule has 1 heterocycles. The fourth-order valence-corrected chi connectivity index (χ4v) is 2.86. The molecule has 3 rings (SSSR count). The summed E-state index contributed by atoms with van der Waals surface area (Å²) in [6.07, 6.45) is 4.08. The predicted molar refractivity (Wildman–Crippen MR) is 77.3 cm³/mol. The minimum atomic E-state index is -0.0689. The Morgan fingerprint density at radius 3 is 2.89 bits per heavy atom. The third kappa shape index (κ3) is 2.89. The number of H-pyrrole nitrogens is 1. The molecule has 0 unspecified atom stereocenters. The van der Waals surface area contributed by atoms with Crippen LogP contribution < -0.4 is 5.32 Å². The van der Waals surface area contributed by atoms with Crippen LogP contribution in [0.1, 0.15) is 31.5 Å². The molecular formula is C15H21N3O. The van der Waals surface area contributed by atoms with E-state index in [0.717, 1.165) is 54.8 Å². The van der Waals surface area contributed by atoms with Gasteiger partial charge in [-0.15, -0.1) is 0 Å². The molecule has 3 N–H and O–H groups in total. The van der Waals surface area contributed by atoms with Crippen molar-refractivity contribution in [1.82, 2.24) is 9.97 Å². The van der Waals surface area contributed by atoms with Crippen LogP contribution in [0.25, 0.3) is 11.0 Å². The molecular weight excluding hydrogens is 238 g/mol. The Bertz CT molecular complexity index is 556. The number of rotatable bonds is 3. The molecule has 1 aliphatic carbocycles. The molecule has 4 heteroatoms. The first-order valence-corrected chi connectivity index (χ1v) is 7.09. The van der Waals surface area contributed by atoms with Gasteiger partial charge in [0, 0.05) is 12.2 Å². The van der Waals surface area contributed by atoms with Gasteiger partial charge in [-0.05, 0) is 56.7 Å². The van der Waals surface area contributed by atoms with Crippen LogP contribution in [0.5, 0.6) is 0 Å². The van der Waals surface area contributed by atoms with Gasteiger partial charge in [0.05, 0.1) is 17.1 Å². The molecule has 1 fully saturated rings. The first-order valence-electron chi connectivity index (χ1n) is 7.09. The third-order valence-electron chi connectivity index (χ3n) is 4.01. The van der Waals surface area contributed by atoms with E-state index in [0.29, 0.717) is 5.92 Å². The molecule has 2 aromatic rings. The van der Waals surface area contributed by atoms with Crippen molar-refractivity contribution >= 4 is 16.7 Å². The van der Waals surface area contributed by atoms with Gasteiger partial charge in [0.1, 0.15) is 5.82 Å². The van der Waals surface area contributed by atoms with E-state index in [1.54, 1.807) is 0 Å². The van der Waals surface area contributed by atoms with Crippen molar-refractivity contribution in [2.24, 2.45) is 5.92 Å². The Morgan fingerprint density at radius 1 is 1.32 bits per heavy atom. The fraction of sp³-hybridized carbons (Fsp3) is 0.533. The number of nitrogens with one attached hydrogen (secondary N) is 2. The molecule has 1 aromatic heterocycles. The van der Waals surface area contributed by atoms with Crippen LogP contribution in [-0.4, -0.2) is 27.7 Å². The highest BCUT2D eigenvalue weighted by Gasteiger charge is 2.18. The van der Waals surface area contributed by atoms with Crippen molar-refractivity contribution in [2.75, 3.05) is 11.9 Å². The van der Waals surface area contributed by atoms with E-state index in [1.165, 1.54) is 0 Å². The van der Waals surface area contributed by atoms with E-state index >= 15 is 0 Å². The van der Waals surface area contributed by atoms with Crippen LogP contribution in [0, 0.1) is 12.8 Å². The SMILES string of the molecule is Cc1nc2ccc(NCC3CCC(O)CC3)cc2[nH]1. The standard InChI is InChI=1S/C15H21N3O/c1-10-17-14-7-4-12(8-15(14)18-10)16-9-11-2-5-13(19)6-3-11/h4,7-8,11,13,16,19H,2-3,5-6,9H2,1H3,(H,17,18). The van der Waals surface area contributed by atoms with Crippen molar-refractivity contribution in [3.8, 4) is 0 Å². The molecule has 0 bridgehead atoms. The van der Waals surface area contributed by atoms with E-state index in [9.17, 15) is 5.11 Å². The van der Waals surface area contributed by atoms with E-state index in [4.69, 9.17) is 0 Å². The van der Waals surface area contributed by atoms with Crippen molar-refractivity contribution in [1.29, 1.82) is 0 Å². The summed E-state index contributed by atoms with van der Waals surface area (Å²) in [4.78, 5) is 7.66. The van der Waals surface area contributed by atoms with Gasteiger partial charge in [-0.25, -0.2) is 4.98 Å². The lowest BCUT2D eigenvalue weighted by atomic mass is 9.87. The summed E-state index contributed by atoms with van der Waals surface area (Å²) in [7, 11) is 0. The van der Waals surface area contributed by atoms with Crippen LogP contribution in [0.2, 0.25) is 0 Å². The number of hydrogen-bond acceptors (Lipinski definition) is 3. The number of aliphatic hydroxyl groups is 1. The number of fused-ring (bicyclic) bond motifs is 1. The lowest BCUT2D eigenvalue weighted by Crippen LogP contribution is -2.23. The number of anilines is 1. The Labute approximate surface area is 113 Å². The van der Waals surface area contributed by atoms with Crippen molar-refractivity contribution < 1.29 is 5.11 Å². The quantitative estimate of drug-likeness (QED) is 0.794. The Kier molecular flexibility index (Phi) is 3.42. The van der Waals surface area contributed by atoms with E-state index in [2.05, 4.69) is 27.4 Å².